The summed E-state index contributed by atoms with van der Waals surface area (Å²) in [5.74, 6) is -0.448. The van der Waals surface area contributed by atoms with Gasteiger partial charge in [-0.3, -0.25) is 4.79 Å². The van der Waals surface area contributed by atoms with E-state index in [-0.39, 0.29) is 11.7 Å². The molecule has 96 valence electrons. The minimum Gasteiger partial charge on any atom is -0.504 e. The highest BCUT2D eigenvalue weighted by Crippen LogP contribution is 2.34. The molecule has 0 radical (unpaired) electrons. The maximum atomic E-state index is 10.9. The zero-order valence-electron chi connectivity index (χ0n) is 10.2. The molecule has 0 saturated heterocycles. The Morgan fingerprint density at radius 2 is 2.22 bits per heavy atom. The molecule has 0 fully saturated rings. The van der Waals surface area contributed by atoms with Crippen LogP contribution in [0.4, 0.5) is 0 Å². The molecular formula is C14H16O4. The highest BCUT2D eigenvalue weighted by atomic mass is 16.5. The monoisotopic (exact) mass is 248 g/mol. The van der Waals surface area contributed by atoms with Crippen molar-refractivity contribution in [2.45, 2.75) is 19.3 Å². The minimum absolute atomic E-state index is 0.112. The largest absolute Gasteiger partial charge is 0.504 e. The summed E-state index contributed by atoms with van der Waals surface area (Å²) in [5, 5.41) is 18.5. The maximum Gasteiger partial charge on any atom is 0.306 e. The third-order valence-electron chi connectivity index (χ3n) is 3.31. The van der Waals surface area contributed by atoms with Crippen molar-refractivity contribution in [1.82, 2.24) is 0 Å². The molecule has 4 heteroatoms. The summed E-state index contributed by atoms with van der Waals surface area (Å²) in [6, 6.07) is 5.20. The number of carbonyl (C=O) groups is 1. The standard InChI is InChI=1S/C14H16O4/c1-18-13-8-11(6-7-12(13)15)9-2-4-10(5-3-9)14(16)17/h2,6-8,10,15H,3-5H2,1H3,(H,16,17). The number of methoxy groups -OCH3 is 1. The van der Waals surface area contributed by atoms with E-state index in [1.807, 2.05) is 12.1 Å². The maximum absolute atomic E-state index is 10.9. The second-order valence-corrected chi connectivity index (χ2v) is 4.43. The van der Waals surface area contributed by atoms with Gasteiger partial charge >= 0.3 is 5.97 Å². The van der Waals surface area contributed by atoms with Gasteiger partial charge in [0, 0.05) is 0 Å². The van der Waals surface area contributed by atoms with Gasteiger partial charge in [0.1, 0.15) is 0 Å². The fourth-order valence-electron chi connectivity index (χ4n) is 2.20. The van der Waals surface area contributed by atoms with Crippen LogP contribution < -0.4 is 4.74 Å². The average molecular weight is 248 g/mol. The van der Waals surface area contributed by atoms with Crippen LogP contribution in [0.15, 0.2) is 24.3 Å². The number of hydrogen-bond donors (Lipinski definition) is 2. The van der Waals surface area contributed by atoms with Crippen LogP contribution in [0, 0.1) is 5.92 Å². The van der Waals surface area contributed by atoms with Crippen molar-refractivity contribution in [3.8, 4) is 11.5 Å². The summed E-state index contributed by atoms with van der Waals surface area (Å²) < 4.78 is 5.06. The smallest absolute Gasteiger partial charge is 0.306 e. The molecule has 4 nitrogen and oxygen atoms in total. The van der Waals surface area contributed by atoms with Crippen molar-refractivity contribution >= 4 is 11.5 Å². The zero-order valence-corrected chi connectivity index (χ0v) is 10.2. The van der Waals surface area contributed by atoms with E-state index in [0.717, 1.165) is 17.6 Å². The van der Waals surface area contributed by atoms with Crippen LogP contribution in [0.1, 0.15) is 24.8 Å². The Kier molecular flexibility index (Phi) is 3.55. The van der Waals surface area contributed by atoms with Gasteiger partial charge in [0.25, 0.3) is 0 Å². The van der Waals surface area contributed by atoms with E-state index >= 15 is 0 Å². The number of rotatable bonds is 3. The van der Waals surface area contributed by atoms with E-state index in [4.69, 9.17) is 9.84 Å². The fourth-order valence-corrected chi connectivity index (χ4v) is 2.20. The van der Waals surface area contributed by atoms with Crippen molar-refractivity contribution in [3.05, 3.63) is 29.8 Å². The third-order valence-corrected chi connectivity index (χ3v) is 3.31. The number of carboxylic acids is 1. The molecule has 1 aliphatic carbocycles. The first kappa shape index (κ1) is 12.5. The van der Waals surface area contributed by atoms with Crippen LogP contribution in [-0.2, 0) is 4.79 Å². The number of aromatic hydroxyl groups is 1. The van der Waals surface area contributed by atoms with Crippen LogP contribution in [0.5, 0.6) is 11.5 Å². The lowest BCUT2D eigenvalue weighted by Gasteiger charge is -2.19. The molecule has 1 aromatic carbocycles. The highest BCUT2D eigenvalue weighted by molar-refractivity contribution is 5.74. The summed E-state index contributed by atoms with van der Waals surface area (Å²) >= 11 is 0. The second kappa shape index (κ2) is 5.12. The first-order valence-corrected chi connectivity index (χ1v) is 5.91. The quantitative estimate of drug-likeness (QED) is 0.863. The van der Waals surface area contributed by atoms with Gasteiger partial charge in [0.15, 0.2) is 11.5 Å². The Hall–Kier alpha value is -1.97. The van der Waals surface area contributed by atoms with E-state index in [9.17, 15) is 9.90 Å². The van der Waals surface area contributed by atoms with Crippen molar-refractivity contribution in [3.63, 3.8) is 0 Å². The Bertz CT molecular complexity index is 491. The van der Waals surface area contributed by atoms with E-state index in [1.54, 1.807) is 12.1 Å². The van der Waals surface area contributed by atoms with Gasteiger partial charge in [0.2, 0.25) is 0 Å². The molecule has 1 unspecified atom stereocenters. The van der Waals surface area contributed by atoms with Crippen LogP contribution in [0.25, 0.3) is 5.57 Å². The molecule has 1 aliphatic rings. The number of carboxylic acid groups (broad SMARTS) is 1. The first-order valence-electron chi connectivity index (χ1n) is 5.91. The second-order valence-electron chi connectivity index (χ2n) is 4.43. The molecule has 1 atom stereocenters. The molecule has 2 N–H and O–H groups in total. The molecule has 0 amide bonds. The summed E-state index contributed by atoms with van der Waals surface area (Å²) in [7, 11) is 1.51. The van der Waals surface area contributed by atoms with Crippen molar-refractivity contribution in [1.29, 1.82) is 0 Å². The molecule has 0 bridgehead atoms. The van der Waals surface area contributed by atoms with Crippen molar-refractivity contribution < 1.29 is 19.7 Å². The Balaban J connectivity index is 2.20. The lowest BCUT2D eigenvalue weighted by molar-refractivity contribution is -0.141. The van der Waals surface area contributed by atoms with Gasteiger partial charge in [0.05, 0.1) is 13.0 Å². The van der Waals surface area contributed by atoms with Crippen molar-refractivity contribution in [2.75, 3.05) is 7.11 Å². The first-order chi connectivity index (χ1) is 8.61. The van der Waals surface area contributed by atoms with Gasteiger partial charge in [-0.05, 0) is 42.5 Å². The predicted molar refractivity (Wildman–Crippen MR) is 67.6 cm³/mol. The number of ether oxygens (including phenoxy) is 1. The zero-order chi connectivity index (χ0) is 13.1. The summed E-state index contributed by atoms with van der Waals surface area (Å²) in [6.07, 6.45) is 3.93. The minimum atomic E-state index is -0.728. The predicted octanol–water partition coefficient (Wildman–Crippen LogP) is 2.67. The Labute approximate surface area is 106 Å². The number of aliphatic carboxylic acids is 1. The molecule has 0 aliphatic heterocycles. The Morgan fingerprint density at radius 1 is 1.44 bits per heavy atom. The lowest BCUT2D eigenvalue weighted by atomic mass is 9.86. The molecular weight excluding hydrogens is 232 g/mol. The number of phenolic OH excluding ortho intramolecular Hbond substituents is 1. The van der Waals surface area contributed by atoms with Gasteiger partial charge in [-0.1, -0.05) is 12.1 Å². The molecule has 18 heavy (non-hydrogen) atoms. The number of hydrogen-bond acceptors (Lipinski definition) is 3. The normalized spacial score (nSPS) is 19.2. The number of benzene rings is 1. The number of allylic oxidation sites excluding steroid dienone is 2. The van der Waals surface area contributed by atoms with E-state index in [1.165, 1.54) is 7.11 Å². The van der Waals surface area contributed by atoms with E-state index < -0.39 is 5.97 Å². The van der Waals surface area contributed by atoms with Crippen LogP contribution in [0.3, 0.4) is 0 Å². The molecule has 0 aromatic heterocycles. The van der Waals surface area contributed by atoms with E-state index in [2.05, 4.69) is 0 Å². The molecule has 0 spiro atoms. The van der Waals surface area contributed by atoms with Crippen LogP contribution in [-0.4, -0.2) is 23.3 Å². The van der Waals surface area contributed by atoms with Gasteiger partial charge in [-0.25, -0.2) is 0 Å². The average Bonchev–Trinajstić information content (AvgIpc) is 2.39. The van der Waals surface area contributed by atoms with Gasteiger partial charge in [-0.15, -0.1) is 0 Å². The summed E-state index contributed by atoms with van der Waals surface area (Å²) in [5.41, 5.74) is 2.10. The molecule has 1 aromatic rings. The SMILES string of the molecule is COc1cc(C2=CCC(C(=O)O)CC2)ccc1O. The van der Waals surface area contributed by atoms with Gasteiger partial charge < -0.3 is 14.9 Å². The lowest BCUT2D eigenvalue weighted by Crippen LogP contribution is -2.15. The Morgan fingerprint density at radius 3 is 2.78 bits per heavy atom. The fraction of sp³-hybridized carbons (Fsp3) is 0.357. The van der Waals surface area contributed by atoms with Gasteiger partial charge in [-0.2, -0.15) is 0 Å². The summed E-state index contributed by atoms with van der Waals surface area (Å²) in [4.78, 5) is 10.9. The summed E-state index contributed by atoms with van der Waals surface area (Å²) in [6.45, 7) is 0. The van der Waals surface area contributed by atoms with E-state index in [0.29, 0.717) is 18.6 Å². The highest BCUT2D eigenvalue weighted by Gasteiger charge is 2.21. The third kappa shape index (κ3) is 2.47. The topological polar surface area (TPSA) is 66.8 Å². The van der Waals surface area contributed by atoms with Crippen LogP contribution >= 0.6 is 0 Å². The molecule has 0 saturated carbocycles. The van der Waals surface area contributed by atoms with Crippen molar-refractivity contribution in [2.24, 2.45) is 5.92 Å². The molecule has 2 rings (SSSR count). The molecule has 0 heterocycles. The number of phenols is 1. The van der Waals surface area contributed by atoms with Crippen LogP contribution in [0.2, 0.25) is 0 Å².